The lowest BCUT2D eigenvalue weighted by molar-refractivity contribution is -0.123. The molecule has 2 aromatic heterocycles. The summed E-state index contributed by atoms with van der Waals surface area (Å²) < 4.78 is 5.72. The maximum Gasteiger partial charge on any atom is 0.225 e. The van der Waals surface area contributed by atoms with E-state index in [9.17, 15) is 4.79 Å². The highest BCUT2D eigenvalue weighted by Crippen LogP contribution is 2.44. The molecule has 2 aliphatic rings. The molecule has 0 unspecified atom stereocenters. The van der Waals surface area contributed by atoms with Crippen molar-refractivity contribution in [1.29, 1.82) is 0 Å². The molecule has 2 atom stereocenters. The Hall–Kier alpha value is -1.99. The summed E-state index contributed by atoms with van der Waals surface area (Å²) in [6, 6.07) is 5.96. The van der Waals surface area contributed by atoms with Crippen molar-refractivity contribution >= 4 is 23.2 Å². The highest BCUT2D eigenvalue weighted by atomic mass is 32.1. The van der Waals surface area contributed by atoms with Gasteiger partial charge in [-0.25, -0.2) is 9.97 Å². The first-order valence-electron chi connectivity index (χ1n) is 8.64. The van der Waals surface area contributed by atoms with E-state index in [4.69, 9.17) is 4.74 Å². The predicted molar refractivity (Wildman–Crippen MR) is 96.6 cm³/mol. The lowest BCUT2D eigenvalue weighted by Crippen LogP contribution is -2.38. The molecule has 0 aromatic carbocycles. The van der Waals surface area contributed by atoms with Crippen molar-refractivity contribution in [3.8, 4) is 0 Å². The molecule has 4 heterocycles. The fraction of sp³-hybridized carbons (Fsp3) is 0.500. The fourth-order valence-corrected chi connectivity index (χ4v) is 4.56. The smallest absolute Gasteiger partial charge is 0.225 e. The summed E-state index contributed by atoms with van der Waals surface area (Å²) in [6.07, 6.45) is 4.92. The van der Waals surface area contributed by atoms with Gasteiger partial charge in [0.2, 0.25) is 11.9 Å². The van der Waals surface area contributed by atoms with Gasteiger partial charge in [-0.15, -0.1) is 11.3 Å². The van der Waals surface area contributed by atoms with Crippen molar-refractivity contribution in [2.75, 3.05) is 37.7 Å². The van der Waals surface area contributed by atoms with E-state index in [0.717, 1.165) is 25.5 Å². The molecule has 0 bridgehead atoms. The van der Waals surface area contributed by atoms with Crippen molar-refractivity contribution in [3.63, 3.8) is 0 Å². The summed E-state index contributed by atoms with van der Waals surface area (Å²) in [6.45, 7) is 3.67. The van der Waals surface area contributed by atoms with E-state index in [1.165, 1.54) is 4.88 Å². The molecular weight excluding hydrogens is 336 g/mol. The largest absolute Gasteiger partial charge is 0.380 e. The summed E-state index contributed by atoms with van der Waals surface area (Å²) in [5.41, 5.74) is -0.119. The molecule has 0 radical (unpaired) electrons. The Morgan fingerprint density at radius 3 is 3.08 bits per heavy atom. The topological polar surface area (TPSA) is 67.3 Å². The average molecular weight is 358 g/mol. The van der Waals surface area contributed by atoms with E-state index < -0.39 is 0 Å². The van der Waals surface area contributed by atoms with Gasteiger partial charge in [-0.3, -0.25) is 4.79 Å². The van der Waals surface area contributed by atoms with Gasteiger partial charge >= 0.3 is 0 Å². The zero-order valence-electron chi connectivity index (χ0n) is 14.1. The van der Waals surface area contributed by atoms with Gasteiger partial charge in [0, 0.05) is 54.7 Å². The number of carbonyl (C=O) groups is 1. The number of rotatable bonds is 6. The third-order valence-electron chi connectivity index (χ3n) is 5.14. The van der Waals surface area contributed by atoms with Crippen LogP contribution in [0.3, 0.4) is 0 Å². The molecule has 4 rings (SSSR count). The van der Waals surface area contributed by atoms with Gasteiger partial charge in [-0.1, -0.05) is 6.07 Å². The molecule has 0 aliphatic carbocycles. The molecule has 1 N–H and O–H groups in total. The third kappa shape index (κ3) is 3.52. The minimum absolute atomic E-state index is 0.114. The Balaban J connectivity index is 1.35. The Labute approximate surface area is 151 Å². The number of carbonyl (C=O) groups excluding carboxylic acids is 1. The van der Waals surface area contributed by atoms with Crippen molar-refractivity contribution in [2.45, 2.75) is 12.8 Å². The summed E-state index contributed by atoms with van der Waals surface area (Å²) in [5, 5.41) is 5.14. The molecule has 0 spiro atoms. The zero-order chi connectivity index (χ0) is 17.1. The second-order valence-electron chi connectivity index (χ2n) is 6.86. The second kappa shape index (κ2) is 7.09. The van der Waals surface area contributed by atoms with Gasteiger partial charge in [0.15, 0.2) is 0 Å². The van der Waals surface area contributed by atoms with Crippen molar-refractivity contribution in [3.05, 3.63) is 40.8 Å². The van der Waals surface area contributed by atoms with Crippen LogP contribution >= 0.6 is 11.3 Å². The Morgan fingerprint density at radius 1 is 1.40 bits per heavy atom. The van der Waals surface area contributed by atoms with Crippen molar-refractivity contribution in [2.24, 2.45) is 11.3 Å². The minimum atomic E-state index is -0.119. The molecule has 2 saturated heterocycles. The van der Waals surface area contributed by atoms with E-state index in [0.29, 0.717) is 32.1 Å². The van der Waals surface area contributed by atoms with Gasteiger partial charge in [-0.05, 0) is 23.9 Å². The van der Waals surface area contributed by atoms with Gasteiger partial charge in [0.25, 0.3) is 0 Å². The number of nitrogens with zero attached hydrogens (tertiary/aromatic N) is 3. The molecule has 6 nitrogen and oxygen atoms in total. The molecule has 2 fully saturated rings. The monoisotopic (exact) mass is 358 g/mol. The lowest BCUT2D eigenvalue weighted by atomic mass is 9.78. The van der Waals surface area contributed by atoms with Crippen molar-refractivity contribution < 1.29 is 9.53 Å². The van der Waals surface area contributed by atoms with Gasteiger partial charge in [0.05, 0.1) is 13.2 Å². The van der Waals surface area contributed by atoms with E-state index in [-0.39, 0.29) is 11.3 Å². The third-order valence-corrected chi connectivity index (χ3v) is 6.08. The number of ether oxygens (including phenoxy) is 1. The van der Waals surface area contributed by atoms with E-state index in [1.807, 2.05) is 12.1 Å². The highest BCUT2D eigenvalue weighted by molar-refractivity contribution is 7.09. The van der Waals surface area contributed by atoms with Crippen LogP contribution in [0.4, 0.5) is 5.95 Å². The first kappa shape index (κ1) is 16.5. The van der Waals surface area contributed by atoms with E-state index in [1.54, 1.807) is 23.7 Å². The van der Waals surface area contributed by atoms with Crippen LogP contribution in [-0.4, -0.2) is 48.7 Å². The van der Waals surface area contributed by atoms with Crippen LogP contribution < -0.4 is 10.2 Å². The Bertz CT molecular complexity index is 709. The van der Waals surface area contributed by atoms with Crippen LogP contribution in [0, 0.1) is 11.3 Å². The van der Waals surface area contributed by atoms with Gasteiger partial charge < -0.3 is 15.0 Å². The van der Waals surface area contributed by atoms with E-state index in [2.05, 4.69) is 31.6 Å². The number of anilines is 1. The van der Waals surface area contributed by atoms with Crippen LogP contribution in [0.25, 0.3) is 0 Å². The zero-order valence-corrected chi connectivity index (χ0v) is 14.9. The summed E-state index contributed by atoms with van der Waals surface area (Å²) in [7, 11) is 0. The number of hydrogen-bond donors (Lipinski definition) is 1. The van der Waals surface area contributed by atoms with Crippen LogP contribution in [0.5, 0.6) is 0 Å². The van der Waals surface area contributed by atoms with Crippen molar-refractivity contribution in [1.82, 2.24) is 15.3 Å². The minimum Gasteiger partial charge on any atom is -0.380 e. The molecule has 0 saturated carbocycles. The van der Waals surface area contributed by atoms with Crippen LogP contribution in [0.2, 0.25) is 0 Å². The van der Waals surface area contributed by atoms with E-state index >= 15 is 0 Å². The van der Waals surface area contributed by atoms with Crippen LogP contribution in [0.1, 0.15) is 11.3 Å². The molecular formula is C18H22N4O2S. The van der Waals surface area contributed by atoms with Crippen LogP contribution in [0.15, 0.2) is 36.0 Å². The number of hydrogen-bond acceptors (Lipinski definition) is 6. The average Bonchev–Trinajstić information content (AvgIpc) is 3.31. The molecule has 2 aromatic rings. The second-order valence-corrected chi connectivity index (χ2v) is 7.89. The SMILES string of the molecule is O=C(C[C@@]12COC[C@@H]1CN(c1ncccn1)C2)NCCc1cccs1. The number of aromatic nitrogens is 2. The number of nitrogens with one attached hydrogen (secondary N) is 1. The lowest BCUT2D eigenvalue weighted by Gasteiger charge is -2.26. The first-order chi connectivity index (χ1) is 12.3. The Morgan fingerprint density at radius 2 is 2.28 bits per heavy atom. The number of amides is 1. The Kier molecular flexibility index (Phi) is 4.67. The normalized spacial score (nSPS) is 25.1. The maximum absolute atomic E-state index is 12.5. The standard InChI is InChI=1S/C18H22N4O2S/c23-16(19-7-4-15-3-1-8-25-15)9-18-12-22(10-14(18)11-24-13-18)17-20-5-2-6-21-17/h1-3,5-6,8,14H,4,7,9-13H2,(H,19,23)/t14-,18+/m0/s1. The highest BCUT2D eigenvalue weighted by Gasteiger charge is 2.52. The van der Waals surface area contributed by atoms with Gasteiger partial charge in [0.1, 0.15) is 0 Å². The molecule has 25 heavy (non-hydrogen) atoms. The quantitative estimate of drug-likeness (QED) is 0.852. The fourth-order valence-electron chi connectivity index (χ4n) is 3.85. The molecule has 132 valence electrons. The maximum atomic E-state index is 12.5. The summed E-state index contributed by atoms with van der Waals surface area (Å²) in [5.74, 6) is 1.22. The summed E-state index contributed by atoms with van der Waals surface area (Å²) >= 11 is 1.73. The number of thiophene rings is 1. The predicted octanol–water partition coefficient (Wildman–Crippen LogP) is 1.74. The van der Waals surface area contributed by atoms with Crippen LogP contribution in [-0.2, 0) is 16.0 Å². The molecule has 1 amide bonds. The van der Waals surface area contributed by atoms with Gasteiger partial charge in [-0.2, -0.15) is 0 Å². The number of fused-ring (bicyclic) bond motifs is 1. The summed E-state index contributed by atoms with van der Waals surface area (Å²) in [4.78, 5) is 24.7. The molecule has 2 aliphatic heterocycles. The first-order valence-corrected chi connectivity index (χ1v) is 9.52. The molecule has 7 heteroatoms.